The van der Waals surface area contributed by atoms with Crippen LogP contribution in [-0.2, 0) is 0 Å². The van der Waals surface area contributed by atoms with Crippen LogP contribution in [0.2, 0.25) is 0 Å². The Labute approximate surface area is 109 Å². The highest BCUT2D eigenvalue weighted by atomic mass is 16.5. The Balaban J connectivity index is 2.29. The second-order valence-electron chi connectivity index (χ2n) is 3.72. The third kappa shape index (κ3) is 2.79. The van der Waals surface area contributed by atoms with Crippen molar-refractivity contribution in [2.75, 3.05) is 5.73 Å². The molecule has 0 unspecified atom stereocenters. The molecule has 2 rings (SSSR count). The first-order valence-electron chi connectivity index (χ1n) is 5.33. The molecule has 19 heavy (non-hydrogen) atoms. The maximum absolute atomic E-state index is 11.0. The van der Waals surface area contributed by atoms with E-state index in [1.165, 1.54) is 18.3 Å². The molecule has 1 aromatic heterocycles. The van der Waals surface area contributed by atoms with Gasteiger partial charge in [0, 0.05) is 11.8 Å². The molecule has 0 saturated heterocycles. The molecule has 94 valence electrons. The third-order valence-corrected chi connectivity index (χ3v) is 2.34. The second kappa shape index (κ2) is 5.06. The van der Waals surface area contributed by atoms with Crippen LogP contribution in [0.4, 0.5) is 5.69 Å². The van der Waals surface area contributed by atoms with Crippen LogP contribution in [0, 0.1) is 11.3 Å². The van der Waals surface area contributed by atoms with Crippen LogP contribution in [0.3, 0.4) is 0 Å². The number of carbonyl (C=O) groups is 1. The van der Waals surface area contributed by atoms with Gasteiger partial charge in [0.15, 0.2) is 0 Å². The van der Waals surface area contributed by atoms with E-state index in [4.69, 9.17) is 21.5 Å². The molecule has 0 bridgehead atoms. The van der Waals surface area contributed by atoms with Gasteiger partial charge >= 0.3 is 0 Å². The van der Waals surface area contributed by atoms with Crippen molar-refractivity contribution >= 4 is 11.6 Å². The molecule has 2 aromatic rings. The number of carbonyl (C=O) groups excluding carboxylic acids is 1. The lowest BCUT2D eigenvalue weighted by atomic mass is 10.2. The smallest absolute Gasteiger partial charge is 0.248 e. The van der Waals surface area contributed by atoms with Gasteiger partial charge in [-0.1, -0.05) is 6.07 Å². The highest BCUT2D eigenvalue weighted by molar-refractivity contribution is 5.93. The van der Waals surface area contributed by atoms with E-state index in [2.05, 4.69) is 4.98 Å². The Morgan fingerprint density at radius 3 is 2.79 bits per heavy atom. The Bertz CT molecular complexity index is 677. The number of rotatable bonds is 3. The number of ether oxygens (including phenoxy) is 1. The van der Waals surface area contributed by atoms with Crippen LogP contribution < -0.4 is 16.2 Å². The largest absolute Gasteiger partial charge is 0.437 e. The maximum atomic E-state index is 11.0. The molecule has 0 aliphatic carbocycles. The van der Waals surface area contributed by atoms with Crippen LogP contribution in [0.15, 0.2) is 36.5 Å². The number of nitrogens with zero attached hydrogens (tertiary/aromatic N) is 2. The standard InChI is InChI=1S/C13H10N4O2/c14-6-8-4-11(15)13(17-7-8)19-10-3-1-2-9(5-10)12(16)18/h1-5,7H,15H2,(H2,16,18). The van der Waals surface area contributed by atoms with Crippen LogP contribution in [-0.4, -0.2) is 10.9 Å². The first-order chi connectivity index (χ1) is 9.10. The summed E-state index contributed by atoms with van der Waals surface area (Å²) < 4.78 is 5.45. The summed E-state index contributed by atoms with van der Waals surface area (Å²) in [5.74, 6) is 0.00652. The van der Waals surface area contributed by atoms with Crippen molar-refractivity contribution in [3.8, 4) is 17.7 Å². The maximum Gasteiger partial charge on any atom is 0.248 e. The minimum Gasteiger partial charge on any atom is -0.437 e. The molecular formula is C13H10N4O2. The normalized spacial score (nSPS) is 9.63. The van der Waals surface area contributed by atoms with Gasteiger partial charge in [-0.15, -0.1) is 0 Å². The molecule has 1 aromatic carbocycles. The zero-order valence-electron chi connectivity index (χ0n) is 9.83. The summed E-state index contributed by atoms with van der Waals surface area (Å²) in [6.45, 7) is 0. The van der Waals surface area contributed by atoms with Gasteiger partial charge < -0.3 is 16.2 Å². The molecule has 1 amide bonds. The fraction of sp³-hybridized carbons (Fsp3) is 0. The first-order valence-corrected chi connectivity index (χ1v) is 5.33. The van der Waals surface area contributed by atoms with Crippen molar-refractivity contribution in [2.24, 2.45) is 5.73 Å². The predicted molar refractivity (Wildman–Crippen MR) is 68.4 cm³/mol. The van der Waals surface area contributed by atoms with Crippen molar-refractivity contribution in [3.63, 3.8) is 0 Å². The molecule has 4 N–H and O–H groups in total. The minimum atomic E-state index is -0.550. The van der Waals surface area contributed by atoms with Gasteiger partial charge in [0.05, 0.1) is 11.3 Å². The third-order valence-electron chi connectivity index (χ3n) is 2.34. The van der Waals surface area contributed by atoms with E-state index in [-0.39, 0.29) is 11.6 Å². The number of benzene rings is 1. The van der Waals surface area contributed by atoms with Gasteiger partial charge in [-0.05, 0) is 24.3 Å². The van der Waals surface area contributed by atoms with Gasteiger partial charge in [-0.25, -0.2) is 4.98 Å². The van der Waals surface area contributed by atoms with Crippen LogP contribution in [0.25, 0.3) is 0 Å². The summed E-state index contributed by atoms with van der Waals surface area (Å²) in [6.07, 6.45) is 1.35. The molecule has 6 nitrogen and oxygen atoms in total. The minimum absolute atomic E-state index is 0.167. The molecule has 0 saturated carbocycles. The quantitative estimate of drug-likeness (QED) is 0.859. The molecule has 0 atom stereocenters. The van der Waals surface area contributed by atoms with Crippen LogP contribution in [0.1, 0.15) is 15.9 Å². The molecule has 0 aliphatic heterocycles. The van der Waals surface area contributed by atoms with E-state index in [0.29, 0.717) is 16.9 Å². The highest BCUT2D eigenvalue weighted by Crippen LogP contribution is 2.25. The average Bonchev–Trinajstić information content (AvgIpc) is 2.41. The summed E-state index contributed by atoms with van der Waals surface area (Å²) in [6, 6.07) is 9.72. The monoisotopic (exact) mass is 254 g/mol. The van der Waals surface area contributed by atoms with E-state index in [1.54, 1.807) is 18.2 Å². The highest BCUT2D eigenvalue weighted by Gasteiger charge is 2.07. The van der Waals surface area contributed by atoms with Gasteiger partial charge in [0.25, 0.3) is 0 Å². The number of anilines is 1. The number of primary amides is 1. The summed E-state index contributed by atoms with van der Waals surface area (Å²) in [7, 11) is 0. The number of nitrogen functional groups attached to an aromatic ring is 1. The lowest BCUT2D eigenvalue weighted by molar-refractivity contribution is 0.1000. The van der Waals surface area contributed by atoms with Crippen molar-refractivity contribution in [3.05, 3.63) is 47.7 Å². The van der Waals surface area contributed by atoms with Crippen molar-refractivity contribution < 1.29 is 9.53 Å². The topological polar surface area (TPSA) is 115 Å². The number of hydrogen-bond donors (Lipinski definition) is 2. The van der Waals surface area contributed by atoms with E-state index in [0.717, 1.165) is 0 Å². The number of nitrogens with two attached hydrogens (primary N) is 2. The van der Waals surface area contributed by atoms with Gasteiger partial charge in [-0.3, -0.25) is 4.79 Å². The van der Waals surface area contributed by atoms with Crippen molar-refractivity contribution in [1.82, 2.24) is 4.98 Å². The Hall–Kier alpha value is -3.07. The van der Waals surface area contributed by atoms with Gasteiger partial charge in [0.2, 0.25) is 11.8 Å². The van der Waals surface area contributed by atoms with E-state index in [1.807, 2.05) is 6.07 Å². The number of nitriles is 1. The summed E-state index contributed by atoms with van der Waals surface area (Å²) >= 11 is 0. The number of amides is 1. The van der Waals surface area contributed by atoms with E-state index >= 15 is 0 Å². The van der Waals surface area contributed by atoms with Gasteiger partial charge in [-0.2, -0.15) is 5.26 Å². The Kier molecular flexibility index (Phi) is 3.30. The lowest BCUT2D eigenvalue weighted by Gasteiger charge is -2.07. The van der Waals surface area contributed by atoms with E-state index < -0.39 is 5.91 Å². The second-order valence-corrected chi connectivity index (χ2v) is 3.72. The number of pyridine rings is 1. The predicted octanol–water partition coefficient (Wildman–Crippen LogP) is 1.43. The van der Waals surface area contributed by atoms with Crippen molar-refractivity contribution in [2.45, 2.75) is 0 Å². The Morgan fingerprint density at radius 2 is 2.16 bits per heavy atom. The molecule has 6 heteroatoms. The SMILES string of the molecule is N#Cc1cnc(Oc2cccc(C(N)=O)c2)c(N)c1. The lowest BCUT2D eigenvalue weighted by Crippen LogP contribution is -2.10. The van der Waals surface area contributed by atoms with Gasteiger partial charge in [0.1, 0.15) is 11.8 Å². The zero-order chi connectivity index (χ0) is 13.8. The summed E-state index contributed by atoms with van der Waals surface area (Å²) in [5, 5.41) is 8.70. The molecule has 0 radical (unpaired) electrons. The van der Waals surface area contributed by atoms with Crippen LogP contribution in [0.5, 0.6) is 11.6 Å². The molecular weight excluding hydrogens is 244 g/mol. The molecule has 1 heterocycles. The molecule has 0 aliphatic rings. The number of aromatic nitrogens is 1. The van der Waals surface area contributed by atoms with E-state index in [9.17, 15) is 4.79 Å². The molecule has 0 fully saturated rings. The molecule has 0 spiro atoms. The summed E-state index contributed by atoms with van der Waals surface area (Å²) in [4.78, 5) is 15.0. The fourth-order valence-electron chi connectivity index (χ4n) is 1.44. The van der Waals surface area contributed by atoms with Crippen molar-refractivity contribution in [1.29, 1.82) is 5.26 Å². The fourth-order valence-corrected chi connectivity index (χ4v) is 1.44. The summed E-state index contributed by atoms with van der Waals surface area (Å²) in [5.41, 5.74) is 11.8. The first kappa shape index (κ1) is 12.4. The van der Waals surface area contributed by atoms with Crippen LogP contribution >= 0.6 is 0 Å². The Morgan fingerprint density at radius 1 is 1.37 bits per heavy atom. The number of hydrogen-bond acceptors (Lipinski definition) is 5. The average molecular weight is 254 g/mol. The zero-order valence-corrected chi connectivity index (χ0v) is 9.83.